The summed E-state index contributed by atoms with van der Waals surface area (Å²) >= 11 is 15.1. The first-order valence-corrected chi connectivity index (χ1v) is 25.3. The van der Waals surface area contributed by atoms with Crippen LogP contribution in [0.5, 0.6) is 0 Å². The van der Waals surface area contributed by atoms with Crippen LogP contribution in [0.3, 0.4) is 0 Å². The van der Waals surface area contributed by atoms with Crippen LogP contribution in [0.25, 0.3) is 0 Å². The quantitative estimate of drug-likeness (QED) is 0.0517. The summed E-state index contributed by atoms with van der Waals surface area (Å²) in [5.41, 5.74) is 9.04. The highest BCUT2D eigenvalue weighted by Gasteiger charge is 2.31. The predicted octanol–water partition coefficient (Wildman–Crippen LogP) is 11.2. The van der Waals surface area contributed by atoms with E-state index >= 15 is 0 Å². The van der Waals surface area contributed by atoms with Gasteiger partial charge >= 0.3 is 17.9 Å². The van der Waals surface area contributed by atoms with E-state index in [4.69, 9.17) is 37.4 Å². The maximum atomic E-state index is 12.6. The second-order valence-corrected chi connectivity index (χ2v) is 19.4. The zero-order valence-electron chi connectivity index (χ0n) is 39.4. The number of hydrogen-bond acceptors (Lipinski definition) is 12. The van der Waals surface area contributed by atoms with Crippen LogP contribution < -0.4 is 0 Å². The second-order valence-electron chi connectivity index (χ2n) is 16.4. The molecule has 3 aromatic heterocycles. The Balaban J connectivity index is 0.000000172. The van der Waals surface area contributed by atoms with Crippen LogP contribution in [-0.4, -0.2) is 73.9 Å². The highest BCUT2D eigenvalue weighted by molar-refractivity contribution is 7.99. The van der Waals surface area contributed by atoms with Crippen molar-refractivity contribution in [1.82, 2.24) is 13.7 Å². The van der Waals surface area contributed by atoms with E-state index in [2.05, 4.69) is 5.16 Å². The lowest BCUT2D eigenvalue weighted by Gasteiger charge is -2.17. The van der Waals surface area contributed by atoms with Crippen LogP contribution in [-0.2, 0) is 67.5 Å². The molecular weight excluding hydrogens is 948 g/mol. The van der Waals surface area contributed by atoms with Crippen molar-refractivity contribution in [2.75, 3.05) is 19.8 Å². The van der Waals surface area contributed by atoms with E-state index in [1.165, 1.54) is 0 Å². The highest BCUT2D eigenvalue weighted by atomic mass is 35.5. The Morgan fingerprint density at radius 2 is 1.00 bits per heavy atom. The molecule has 0 aliphatic heterocycles. The van der Waals surface area contributed by atoms with Crippen molar-refractivity contribution < 1.29 is 43.4 Å². The normalized spacial score (nSPS) is 14.4. The number of hydrogen-bond donors (Lipinski definition) is 1. The standard InChI is InChI=1S/C19H21ClN2O3S.C19H20ClNO3S.C13H17NO3/c1-3-25-17(23)11-22-12(2)19(26-14-9-7-13(20)8-10-14)18-15(21-24)5-4-6-16(18)22;1-3-24-17(23)11-21-12(2)19(18-15(21)5-4-6-16(18)22)25-14-9-7-13(20)8-10-14;1-3-17-13(16)8-14-9(2)7-10-11(14)5-4-6-12(10)15/h7-10,24H,3-6,11H2,1-2H3;7-10H,3-6,11H2,1-2H3;7H,3-6,8H2,1-2H3/b21-15+;;. The van der Waals surface area contributed by atoms with Crippen LogP contribution >= 0.6 is 46.7 Å². The number of fused-ring (bicyclic) bond motifs is 3. The minimum absolute atomic E-state index is 0.149. The fraction of sp³-hybridized carbons (Fsp3) is 0.412. The van der Waals surface area contributed by atoms with Gasteiger partial charge in [0.2, 0.25) is 0 Å². The summed E-state index contributed by atoms with van der Waals surface area (Å²) in [5.74, 6) is -0.429. The third-order valence-corrected chi connectivity index (χ3v) is 14.8. The molecule has 1 N–H and O–H groups in total. The Bertz CT molecular complexity index is 2680. The Morgan fingerprint density at radius 1 is 0.588 bits per heavy atom. The number of benzene rings is 2. The molecule has 5 aromatic rings. The minimum Gasteiger partial charge on any atom is -0.465 e. The van der Waals surface area contributed by atoms with Gasteiger partial charge in [-0.25, -0.2) is 0 Å². The van der Waals surface area contributed by atoms with Crippen LogP contribution in [0.15, 0.2) is 79.3 Å². The first kappa shape index (κ1) is 52.2. The highest BCUT2D eigenvalue weighted by Crippen LogP contribution is 2.42. The zero-order chi connectivity index (χ0) is 49.1. The molecule has 0 amide bonds. The summed E-state index contributed by atoms with van der Waals surface area (Å²) in [7, 11) is 0. The number of carbonyl (C=O) groups excluding carboxylic acids is 5. The van der Waals surface area contributed by atoms with Gasteiger partial charge in [-0.15, -0.1) is 0 Å². The molecule has 68 heavy (non-hydrogen) atoms. The summed E-state index contributed by atoms with van der Waals surface area (Å²) in [6.45, 7) is 12.9. The number of carbonyl (C=O) groups is 5. The summed E-state index contributed by atoms with van der Waals surface area (Å²) in [4.78, 5) is 63.9. The lowest BCUT2D eigenvalue weighted by Crippen LogP contribution is -2.19. The molecule has 13 nitrogen and oxygen atoms in total. The van der Waals surface area contributed by atoms with E-state index < -0.39 is 0 Å². The van der Waals surface area contributed by atoms with E-state index in [1.54, 1.807) is 44.3 Å². The third-order valence-electron chi connectivity index (χ3n) is 11.9. The SMILES string of the molecule is CCOC(=O)Cn1c(C)c(Sc2ccc(Cl)cc2)c2c1CCC/C2=N\O.CCOC(=O)Cn1c(C)c(Sc2ccc(Cl)cc2)c2c1CCCC2=O.CCOC(=O)Cn1c(C)cc2c1CCCC2=O. The summed E-state index contributed by atoms with van der Waals surface area (Å²) in [6.07, 6.45) is 7.01. The van der Waals surface area contributed by atoms with Gasteiger partial charge in [-0.1, -0.05) is 51.9 Å². The molecule has 0 bridgehead atoms. The van der Waals surface area contributed by atoms with Gasteiger partial charge in [0.05, 0.1) is 31.1 Å². The van der Waals surface area contributed by atoms with Crippen molar-refractivity contribution in [3.8, 4) is 0 Å². The fourth-order valence-electron chi connectivity index (χ4n) is 8.78. The number of aryl methyl sites for hydroxylation is 1. The number of halogens is 2. The molecule has 3 aliphatic rings. The van der Waals surface area contributed by atoms with Gasteiger partial charge in [-0.05, 0) is 141 Å². The topological polar surface area (TPSA) is 160 Å². The van der Waals surface area contributed by atoms with E-state index in [1.807, 2.05) is 89.1 Å². The smallest absolute Gasteiger partial charge is 0.325 e. The Morgan fingerprint density at radius 3 is 1.47 bits per heavy atom. The van der Waals surface area contributed by atoms with E-state index in [9.17, 15) is 29.2 Å². The zero-order valence-corrected chi connectivity index (χ0v) is 42.5. The third kappa shape index (κ3) is 12.5. The van der Waals surface area contributed by atoms with Crippen molar-refractivity contribution in [2.45, 2.75) is 139 Å². The fourth-order valence-corrected chi connectivity index (χ4v) is 11.2. The maximum Gasteiger partial charge on any atom is 0.325 e. The van der Waals surface area contributed by atoms with Crippen molar-refractivity contribution in [3.05, 3.63) is 115 Å². The predicted molar refractivity (Wildman–Crippen MR) is 264 cm³/mol. The molecule has 17 heteroatoms. The van der Waals surface area contributed by atoms with E-state index in [-0.39, 0.29) is 49.1 Å². The second kappa shape index (κ2) is 24.4. The van der Waals surface area contributed by atoms with Crippen LogP contribution in [0.4, 0.5) is 0 Å². The molecule has 0 saturated carbocycles. The molecule has 0 atom stereocenters. The number of nitrogens with zero attached hydrogens (tertiary/aromatic N) is 4. The minimum atomic E-state index is -0.274. The molecule has 0 fully saturated rings. The number of oxime groups is 1. The number of ketones is 2. The van der Waals surface area contributed by atoms with E-state index in [0.717, 1.165) is 115 Å². The number of aromatic nitrogens is 3. The summed E-state index contributed by atoms with van der Waals surface area (Å²) in [6, 6.07) is 17.1. The Kier molecular flexibility index (Phi) is 18.7. The van der Waals surface area contributed by atoms with Crippen molar-refractivity contribution in [3.63, 3.8) is 0 Å². The molecule has 0 unspecified atom stereocenters. The molecule has 362 valence electrons. The van der Waals surface area contributed by atoms with Gasteiger partial charge in [0.1, 0.15) is 19.6 Å². The molecular formula is C51H58Cl2N4O9S2. The van der Waals surface area contributed by atoms with Crippen LogP contribution in [0.1, 0.15) is 120 Å². The molecule has 3 heterocycles. The molecule has 3 aliphatic carbocycles. The lowest BCUT2D eigenvalue weighted by molar-refractivity contribution is -0.144. The summed E-state index contributed by atoms with van der Waals surface area (Å²) < 4.78 is 21.0. The van der Waals surface area contributed by atoms with Crippen molar-refractivity contribution in [1.29, 1.82) is 0 Å². The monoisotopic (exact) mass is 1000 g/mol. The lowest BCUT2D eigenvalue weighted by atomic mass is 9.96. The maximum absolute atomic E-state index is 12.6. The van der Waals surface area contributed by atoms with Gasteiger partial charge in [-0.2, -0.15) is 0 Å². The van der Waals surface area contributed by atoms with Gasteiger partial charge in [-0.3, -0.25) is 24.0 Å². The van der Waals surface area contributed by atoms with Gasteiger partial charge < -0.3 is 33.1 Å². The molecule has 0 radical (unpaired) electrons. The number of ether oxygens (including phenoxy) is 3. The number of Topliss-reactive ketones (excluding diaryl/α,β-unsaturated/α-hetero) is 2. The average molecular weight is 1010 g/mol. The molecule has 8 rings (SSSR count). The van der Waals surface area contributed by atoms with Gasteiger partial charge in [0.25, 0.3) is 0 Å². The first-order chi connectivity index (χ1) is 32.7. The molecule has 2 aromatic carbocycles. The first-order valence-electron chi connectivity index (χ1n) is 22.9. The van der Waals surface area contributed by atoms with Gasteiger partial charge in [0.15, 0.2) is 11.6 Å². The van der Waals surface area contributed by atoms with Crippen molar-refractivity contribution >= 4 is 81.9 Å². The van der Waals surface area contributed by atoms with Gasteiger partial charge in [0, 0.05) is 87.8 Å². The number of esters is 3. The van der Waals surface area contributed by atoms with E-state index in [0.29, 0.717) is 48.4 Å². The number of rotatable bonds is 13. The molecule has 0 spiro atoms. The molecule has 0 saturated heterocycles. The van der Waals surface area contributed by atoms with Crippen LogP contribution in [0.2, 0.25) is 10.0 Å². The Labute approximate surface area is 415 Å². The largest absolute Gasteiger partial charge is 0.465 e. The Hall–Kier alpha value is -5.22. The average Bonchev–Trinajstić information content (AvgIpc) is 3.88. The van der Waals surface area contributed by atoms with Crippen LogP contribution in [0, 0.1) is 20.8 Å². The summed E-state index contributed by atoms with van der Waals surface area (Å²) in [5, 5.41) is 14.4. The van der Waals surface area contributed by atoms with Crippen molar-refractivity contribution in [2.24, 2.45) is 5.16 Å².